The van der Waals surface area contributed by atoms with Crippen LogP contribution >= 0.6 is 0 Å². The molecule has 1 fully saturated rings. The third kappa shape index (κ3) is 4.10. The Balaban J connectivity index is 1.78. The van der Waals surface area contributed by atoms with Gasteiger partial charge in [0, 0.05) is 6.04 Å². The van der Waals surface area contributed by atoms with Crippen LogP contribution in [-0.4, -0.2) is 45.1 Å². The van der Waals surface area contributed by atoms with Gasteiger partial charge in [0.25, 0.3) is 5.91 Å². The Labute approximate surface area is 157 Å². The highest BCUT2D eigenvalue weighted by Crippen LogP contribution is 2.24. The second kappa shape index (κ2) is 8.20. The van der Waals surface area contributed by atoms with E-state index < -0.39 is 11.9 Å². The SMILES string of the molecule is COc1ccc(-n2nnc(C(=O)N[C@H]3CCCCC[C@H]3C(=O)O)c2C)cc1. The minimum absolute atomic E-state index is 0.208. The minimum atomic E-state index is -0.860. The second-order valence-corrected chi connectivity index (χ2v) is 6.80. The van der Waals surface area contributed by atoms with Crippen molar-refractivity contribution in [2.24, 2.45) is 5.92 Å². The molecule has 0 spiro atoms. The number of methoxy groups -OCH3 is 1. The first kappa shape index (κ1) is 18.9. The number of carbonyl (C=O) groups is 2. The molecule has 1 amide bonds. The number of nitrogens with zero attached hydrogens (tertiary/aromatic N) is 3. The molecule has 1 aromatic carbocycles. The molecule has 0 radical (unpaired) electrons. The molecule has 8 heteroatoms. The zero-order valence-corrected chi connectivity index (χ0v) is 15.5. The summed E-state index contributed by atoms with van der Waals surface area (Å²) in [6, 6.07) is 6.88. The van der Waals surface area contributed by atoms with Gasteiger partial charge in [-0.1, -0.05) is 24.5 Å². The monoisotopic (exact) mass is 372 g/mol. The zero-order valence-electron chi connectivity index (χ0n) is 15.5. The van der Waals surface area contributed by atoms with Gasteiger partial charge in [-0.3, -0.25) is 9.59 Å². The summed E-state index contributed by atoms with van der Waals surface area (Å²) in [4.78, 5) is 24.3. The number of carboxylic acids is 1. The Hall–Kier alpha value is -2.90. The lowest BCUT2D eigenvalue weighted by Gasteiger charge is -2.22. The van der Waals surface area contributed by atoms with Gasteiger partial charge in [0.15, 0.2) is 5.69 Å². The fourth-order valence-electron chi connectivity index (χ4n) is 3.52. The Bertz CT molecular complexity index is 816. The summed E-state index contributed by atoms with van der Waals surface area (Å²) < 4.78 is 6.72. The third-order valence-corrected chi connectivity index (χ3v) is 5.08. The molecule has 1 aliphatic rings. The van der Waals surface area contributed by atoms with E-state index in [2.05, 4.69) is 15.6 Å². The molecule has 3 rings (SSSR count). The van der Waals surface area contributed by atoms with Crippen molar-refractivity contribution in [3.8, 4) is 11.4 Å². The fraction of sp³-hybridized carbons (Fsp3) is 0.474. The first-order valence-corrected chi connectivity index (χ1v) is 9.11. The van der Waals surface area contributed by atoms with Gasteiger partial charge in [0.1, 0.15) is 5.75 Å². The van der Waals surface area contributed by atoms with Gasteiger partial charge >= 0.3 is 5.97 Å². The van der Waals surface area contributed by atoms with Crippen molar-refractivity contribution in [3.05, 3.63) is 35.7 Å². The fourth-order valence-corrected chi connectivity index (χ4v) is 3.52. The smallest absolute Gasteiger partial charge is 0.308 e. The second-order valence-electron chi connectivity index (χ2n) is 6.80. The number of amides is 1. The lowest BCUT2D eigenvalue weighted by molar-refractivity contribution is -0.142. The quantitative estimate of drug-likeness (QED) is 0.781. The van der Waals surface area contributed by atoms with Crippen molar-refractivity contribution in [2.75, 3.05) is 7.11 Å². The maximum absolute atomic E-state index is 12.7. The average molecular weight is 372 g/mol. The topological polar surface area (TPSA) is 106 Å². The molecule has 8 nitrogen and oxygen atoms in total. The van der Waals surface area contributed by atoms with Gasteiger partial charge in [-0.25, -0.2) is 4.68 Å². The number of aromatic nitrogens is 3. The van der Waals surface area contributed by atoms with Crippen LogP contribution in [0.25, 0.3) is 5.69 Å². The summed E-state index contributed by atoms with van der Waals surface area (Å²) in [5.41, 5.74) is 1.56. The Morgan fingerprint density at radius 3 is 2.56 bits per heavy atom. The molecule has 0 unspecified atom stereocenters. The predicted octanol–water partition coefficient (Wildman–Crippen LogP) is 2.35. The first-order chi connectivity index (χ1) is 13.0. The van der Waals surface area contributed by atoms with Crippen molar-refractivity contribution < 1.29 is 19.4 Å². The summed E-state index contributed by atoms with van der Waals surface area (Å²) in [6.45, 7) is 1.76. The summed E-state index contributed by atoms with van der Waals surface area (Å²) in [6.07, 6.45) is 4.01. The van der Waals surface area contributed by atoms with E-state index in [4.69, 9.17) is 4.74 Å². The molecule has 0 bridgehead atoms. The van der Waals surface area contributed by atoms with E-state index in [0.717, 1.165) is 30.7 Å². The Kier molecular flexibility index (Phi) is 5.73. The molecule has 144 valence electrons. The highest BCUT2D eigenvalue weighted by Gasteiger charge is 2.31. The zero-order chi connectivity index (χ0) is 19.4. The van der Waals surface area contributed by atoms with Gasteiger partial charge in [-0.2, -0.15) is 0 Å². The summed E-state index contributed by atoms with van der Waals surface area (Å²) in [7, 11) is 1.59. The maximum Gasteiger partial charge on any atom is 0.308 e. The standard InChI is InChI=1S/C19H24N4O4/c1-12-17(21-22-23(12)13-8-10-14(27-2)11-9-13)18(24)20-16-7-5-3-4-6-15(16)19(25)26/h8-11,15-16H,3-7H2,1-2H3,(H,20,24)(H,25,26)/t15-,16+/m1/s1. The molecule has 2 aromatic rings. The molecule has 27 heavy (non-hydrogen) atoms. The van der Waals surface area contributed by atoms with Crippen LogP contribution in [0.1, 0.15) is 48.3 Å². The molecule has 2 N–H and O–H groups in total. The van der Waals surface area contributed by atoms with Crippen molar-refractivity contribution >= 4 is 11.9 Å². The largest absolute Gasteiger partial charge is 0.497 e. The molecule has 0 aliphatic heterocycles. The van der Waals surface area contributed by atoms with Gasteiger partial charge in [0.2, 0.25) is 0 Å². The maximum atomic E-state index is 12.7. The molecule has 2 atom stereocenters. The number of aliphatic carboxylic acids is 1. The Morgan fingerprint density at radius 2 is 1.89 bits per heavy atom. The van der Waals surface area contributed by atoms with E-state index in [0.29, 0.717) is 18.5 Å². The first-order valence-electron chi connectivity index (χ1n) is 9.11. The number of hydrogen-bond donors (Lipinski definition) is 2. The van der Waals surface area contributed by atoms with Crippen LogP contribution in [0.5, 0.6) is 5.75 Å². The number of rotatable bonds is 5. The summed E-state index contributed by atoms with van der Waals surface area (Å²) in [5.74, 6) is -1.08. The van der Waals surface area contributed by atoms with Crippen molar-refractivity contribution in [1.29, 1.82) is 0 Å². The molecule has 1 aliphatic carbocycles. The Morgan fingerprint density at radius 1 is 1.19 bits per heavy atom. The number of carboxylic acid groups (broad SMARTS) is 1. The molecule has 1 aromatic heterocycles. The molecule has 0 saturated heterocycles. The van der Waals surface area contributed by atoms with Gasteiger partial charge < -0.3 is 15.2 Å². The van der Waals surface area contributed by atoms with Gasteiger partial charge in [-0.05, 0) is 44.0 Å². The van der Waals surface area contributed by atoms with Crippen LogP contribution in [0.4, 0.5) is 0 Å². The van der Waals surface area contributed by atoms with Crippen LogP contribution < -0.4 is 10.1 Å². The van der Waals surface area contributed by atoms with Crippen LogP contribution in [0.3, 0.4) is 0 Å². The molecular weight excluding hydrogens is 348 g/mol. The lowest BCUT2D eigenvalue weighted by atomic mass is 9.94. The predicted molar refractivity (Wildman–Crippen MR) is 98.1 cm³/mol. The van der Waals surface area contributed by atoms with E-state index in [-0.39, 0.29) is 17.6 Å². The lowest BCUT2D eigenvalue weighted by Crippen LogP contribution is -2.43. The molecular formula is C19H24N4O4. The van der Waals surface area contributed by atoms with E-state index in [9.17, 15) is 14.7 Å². The van der Waals surface area contributed by atoms with Crippen molar-refractivity contribution in [1.82, 2.24) is 20.3 Å². The van der Waals surface area contributed by atoms with Crippen LogP contribution in [0.15, 0.2) is 24.3 Å². The van der Waals surface area contributed by atoms with Gasteiger partial charge in [-0.15, -0.1) is 5.10 Å². The summed E-state index contributed by atoms with van der Waals surface area (Å²) in [5, 5.41) is 20.4. The minimum Gasteiger partial charge on any atom is -0.497 e. The number of carbonyl (C=O) groups excluding carboxylic acids is 1. The van der Waals surface area contributed by atoms with E-state index in [1.165, 1.54) is 0 Å². The highest BCUT2D eigenvalue weighted by molar-refractivity contribution is 5.93. The molecule has 1 saturated carbocycles. The van der Waals surface area contributed by atoms with Crippen molar-refractivity contribution in [3.63, 3.8) is 0 Å². The normalized spacial score (nSPS) is 19.9. The number of hydrogen-bond acceptors (Lipinski definition) is 5. The van der Waals surface area contributed by atoms with Crippen LogP contribution in [0, 0.1) is 12.8 Å². The van der Waals surface area contributed by atoms with Crippen LogP contribution in [0.2, 0.25) is 0 Å². The molecule has 1 heterocycles. The van der Waals surface area contributed by atoms with E-state index in [1.807, 2.05) is 12.1 Å². The number of nitrogens with one attached hydrogen (secondary N) is 1. The number of ether oxygens (including phenoxy) is 1. The van der Waals surface area contributed by atoms with E-state index >= 15 is 0 Å². The highest BCUT2D eigenvalue weighted by atomic mass is 16.5. The number of benzene rings is 1. The van der Waals surface area contributed by atoms with Crippen molar-refractivity contribution in [2.45, 2.75) is 45.1 Å². The van der Waals surface area contributed by atoms with Gasteiger partial charge in [0.05, 0.1) is 24.4 Å². The summed E-state index contributed by atoms with van der Waals surface area (Å²) >= 11 is 0. The van der Waals surface area contributed by atoms with Crippen LogP contribution in [-0.2, 0) is 4.79 Å². The third-order valence-electron chi connectivity index (χ3n) is 5.08. The van der Waals surface area contributed by atoms with E-state index in [1.54, 1.807) is 30.8 Å². The average Bonchev–Trinajstić information content (AvgIpc) is 2.89.